The van der Waals surface area contributed by atoms with E-state index >= 15 is 0 Å². The summed E-state index contributed by atoms with van der Waals surface area (Å²) in [6.45, 7) is 1.80. The van der Waals surface area contributed by atoms with Crippen LogP contribution in [0.15, 0.2) is 4.99 Å². The number of thiocarbonyl (C=S) groups is 1. The zero-order chi connectivity index (χ0) is 6.53. The molecule has 1 fully saturated rings. The minimum absolute atomic E-state index is 0.180. The number of hydrogen-bond donors (Lipinski definition) is 0. The summed E-state index contributed by atoms with van der Waals surface area (Å²) >= 11 is 4.36. The minimum Gasteiger partial charge on any atom is -0.348 e. The molecule has 0 aromatic rings. The minimum atomic E-state index is -0.180. The summed E-state index contributed by atoms with van der Waals surface area (Å²) in [5.74, 6) is 0. The highest BCUT2D eigenvalue weighted by Crippen LogP contribution is 2.02. The van der Waals surface area contributed by atoms with E-state index in [4.69, 9.17) is 9.47 Å². The normalized spacial score (nSPS) is 19.6. The van der Waals surface area contributed by atoms with Crippen LogP contribution in [-0.2, 0) is 9.47 Å². The molecule has 0 unspecified atom stereocenters. The standard InChI is InChI=1S/C5H7NO2S/c9-4-6-3-5-7-1-2-8-5/h5H,1-3H2. The topological polar surface area (TPSA) is 30.8 Å². The molecule has 0 N–H and O–H groups in total. The zero-order valence-corrected chi connectivity index (χ0v) is 5.69. The predicted molar refractivity (Wildman–Crippen MR) is 35.6 cm³/mol. The Morgan fingerprint density at radius 2 is 2.22 bits per heavy atom. The average Bonchev–Trinajstić information content (AvgIpc) is 2.34. The van der Waals surface area contributed by atoms with Gasteiger partial charge in [0, 0.05) is 0 Å². The lowest BCUT2D eigenvalue weighted by Crippen LogP contribution is -2.10. The molecule has 1 rings (SSSR count). The first-order valence-electron chi connectivity index (χ1n) is 2.70. The molecular weight excluding hydrogens is 138 g/mol. The fourth-order valence-corrected chi connectivity index (χ4v) is 0.699. The van der Waals surface area contributed by atoms with Gasteiger partial charge in [0.15, 0.2) is 6.29 Å². The van der Waals surface area contributed by atoms with E-state index < -0.39 is 0 Å². The highest BCUT2D eigenvalue weighted by molar-refractivity contribution is 7.78. The van der Waals surface area contributed by atoms with Crippen molar-refractivity contribution in [1.82, 2.24) is 0 Å². The molecule has 0 saturated carbocycles. The molecule has 1 saturated heterocycles. The van der Waals surface area contributed by atoms with Crippen molar-refractivity contribution >= 4 is 17.4 Å². The molecule has 0 aliphatic carbocycles. The van der Waals surface area contributed by atoms with Crippen molar-refractivity contribution in [1.29, 1.82) is 0 Å². The first kappa shape index (κ1) is 6.83. The lowest BCUT2D eigenvalue weighted by Gasteiger charge is -2.01. The van der Waals surface area contributed by atoms with E-state index in [0.717, 1.165) is 0 Å². The molecule has 1 aliphatic heterocycles. The molecule has 1 aliphatic rings. The van der Waals surface area contributed by atoms with Crippen LogP contribution in [0.3, 0.4) is 0 Å². The van der Waals surface area contributed by atoms with Gasteiger partial charge in [-0.1, -0.05) is 0 Å². The van der Waals surface area contributed by atoms with E-state index in [2.05, 4.69) is 22.4 Å². The van der Waals surface area contributed by atoms with E-state index in [9.17, 15) is 0 Å². The van der Waals surface area contributed by atoms with E-state index in [1.807, 2.05) is 0 Å². The SMILES string of the molecule is S=C=NCC1OCCO1. The smallest absolute Gasteiger partial charge is 0.177 e. The summed E-state index contributed by atoms with van der Waals surface area (Å²) in [7, 11) is 0. The second kappa shape index (κ2) is 3.69. The van der Waals surface area contributed by atoms with Crippen molar-refractivity contribution in [3.05, 3.63) is 0 Å². The first-order chi connectivity index (χ1) is 4.43. The molecule has 1 heterocycles. The van der Waals surface area contributed by atoms with E-state index in [1.54, 1.807) is 0 Å². The third kappa shape index (κ3) is 2.20. The Bertz CT molecular complexity index is 127. The van der Waals surface area contributed by atoms with E-state index in [-0.39, 0.29) is 6.29 Å². The highest BCUT2D eigenvalue weighted by Gasteiger charge is 2.13. The Morgan fingerprint density at radius 1 is 1.56 bits per heavy atom. The van der Waals surface area contributed by atoms with Gasteiger partial charge in [0.25, 0.3) is 0 Å². The molecule has 50 valence electrons. The number of ether oxygens (including phenoxy) is 2. The number of isothiocyanates is 1. The number of hydrogen-bond acceptors (Lipinski definition) is 4. The monoisotopic (exact) mass is 145 g/mol. The lowest BCUT2D eigenvalue weighted by molar-refractivity contribution is -0.0325. The molecule has 4 heteroatoms. The summed E-state index contributed by atoms with van der Waals surface area (Å²) in [6, 6.07) is 0. The Hall–Kier alpha value is -0.280. The van der Waals surface area contributed by atoms with Gasteiger partial charge >= 0.3 is 0 Å². The quantitative estimate of drug-likeness (QED) is 0.418. The molecular formula is C5H7NO2S. The van der Waals surface area contributed by atoms with Crippen LogP contribution in [-0.4, -0.2) is 31.2 Å². The van der Waals surface area contributed by atoms with Crippen molar-refractivity contribution in [3.8, 4) is 0 Å². The van der Waals surface area contributed by atoms with Crippen molar-refractivity contribution in [2.75, 3.05) is 19.8 Å². The third-order valence-electron chi connectivity index (χ3n) is 0.996. The molecule has 0 spiro atoms. The van der Waals surface area contributed by atoms with Crippen molar-refractivity contribution in [2.45, 2.75) is 6.29 Å². The molecule has 0 atom stereocenters. The highest BCUT2D eigenvalue weighted by atomic mass is 32.1. The fraction of sp³-hybridized carbons (Fsp3) is 0.800. The Morgan fingerprint density at radius 3 is 2.78 bits per heavy atom. The predicted octanol–water partition coefficient (Wildman–Crippen LogP) is 0.462. The van der Waals surface area contributed by atoms with Crippen LogP contribution >= 0.6 is 12.2 Å². The van der Waals surface area contributed by atoms with Crippen molar-refractivity contribution in [3.63, 3.8) is 0 Å². The Balaban J connectivity index is 2.18. The zero-order valence-electron chi connectivity index (χ0n) is 4.87. The maximum absolute atomic E-state index is 5.05. The van der Waals surface area contributed by atoms with Crippen LogP contribution in [0.2, 0.25) is 0 Å². The summed E-state index contributed by atoms with van der Waals surface area (Å²) in [5, 5.41) is 2.24. The molecule has 0 aromatic carbocycles. The first-order valence-corrected chi connectivity index (χ1v) is 3.11. The number of rotatable bonds is 2. The number of nitrogens with zero attached hydrogens (tertiary/aromatic N) is 1. The van der Waals surface area contributed by atoms with Gasteiger partial charge in [-0.3, -0.25) is 0 Å². The summed E-state index contributed by atoms with van der Waals surface area (Å²) in [6.07, 6.45) is -0.180. The van der Waals surface area contributed by atoms with Crippen molar-refractivity contribution in [2.24, 2.45) is 4.99 Å². The van der Waals surface area contributed by atoms with E-state index in [1.165, 1.54) is 0 Å². The Labute approximate surface area is 58.7 Å². The molecule has 0 amide bonds. The largest absolute Gasteiger partial charge is 0.348 e. The van der Waals surface area contributed by atoms with Gasteiger partial charge in [-0.15, -0.1) is 0 Å². The average molecular weight is 145 g/mol. The van der Waals surface area contributed by atoms with Crippen LogP contribution in [0.5, 0.6) is 0 Å². The van der Waals surface area contributed by atoms with Crippen LogP contribution in [0.4, 0.5) is 0 Å². The Kier molecular flexibility index (Phi) is 2.80. The van der Waals surface area contributed by atoms with Gasteiger partial charge in [-0.25, -0.2) is 4.99 Å². The maximum Gasteiger partial charge on any atom is 0.177 e. The van der Waals surface area contributed by atoms with E-state index in [0.29, 0.717) is 19.8 Å². The van der Waals surface area contributed by atoms with Gasteiger partial charge < -0.3 is 9.47 Å². The molecule has 9 heavy (non-hydrogen) atoms. The molecule has 3 nitrogen and oxygen atoms in total. The van der Waals surface area contributed by atoms with Gasteiger partial charge in [0.05, 0.1) is 18.4 Å². The third-order valence-corrected chi connectivity index (χ3v) is 1.12. The van der Waals surface area contributed by atoms with Crippen LogP contribution < -0.4 is 0 Å². The molecule has 0 aromatic heterocycles. The van der Waals surface area contributed by atoms with Crippen molar-refractivity contribution < 1.29 is 9.47 Å². The summed E-state index contributed by atoms with van der Waals surface area (Å²) in [5.41, 5.74) is 0. The second-order valence-electron chi connectivity index (χ2n) is 1.60. The lowest BCUT2D eigenvalue weighted by atomic mass is 10.6. The maximum atomic E-state index is 5.05. The van der Waals surface area contributed by atoms with Crippen LogP contribution in [0, 0.1) is 0 Å². The number of aliphatic imine (C=N–C) groups is 1. The second-order valence-corrected chi connectivity index (χ2v) is 1.79. The van der Waals surface area contributed by atoms with Crippen LogP contribution in [0.1, 0.15) is 0 Å². The van der Waals surface area contributed by atoms with Crippen LogP contribution in [0.25, 0.3) is 0 Å². The van der Waals surface area contributed by atoms with Gasteiger partial charge in [0.2, 0.25) is 0 Å². The van der Waals surface area contributed by atoms with Gasteiger partial charge in [-0.05, 0) is 12.2 Å². The summed E-state index contributed by atoms with van der Waals surface area (Å²) in [4.78, 5) is 3.67. The molecule has 0 bridgehead atoms. The summed E-state index contributed by atoms with van der Waals surface area (Å²) < 4.78 is 10.1. The fourth-order valence-electron chi connectivity index (χ4n) is 0.624. The van der Waals surface area contributed by atoms with Gasteiger partial charge in [-0.2, -0.15) is 0 Å². The molecule has 0 radical (unpaired) electrons. The van der Waals surface area contributed by atoms with Gasteiger partial charge in [0.1, 0.15) is 6.54 Å².